The second-order valence-electron chi connectivity index (χ2n) is 13.4. The average Bonchev–Trinajstić information content (AvgIpc) is 3.37. The topological polar surface area (TPSA) is 62.0 Å². The molecule has 1 aromatic heterocycles. The number of nitrogens with one attached hydrogen (secondary N) is 1. The minimum Gasteiger partial charge on any atom is -0.283 e. The first-order valence-corrected chi connectivity index (χ1v) is 16.9. The number of aliphatic imine (C=N–C) groups is 1. The molecule has 0 saturated heterocycles. The lowest BCUT2D eigenvalue weighted by atomic mass is 9.81. The zero-order valence-corrected chi connectivity index (χ0v) is 27.7. The fourth-order valence-corrected chi connectivity index (χ4v) is 7.50. The molecule has 8 rings (SSSR count). The van der Waals surface area contributed by atoms with Crippen LogP contribution in [-0.4, -0.2) is 21.5 Å². The smallest absolute Gasteiger partial charge is 0.161 e. The molecule has 1 heterocycles. The maximum atomic E-state index is 8.67. The second-order valence-corrected chi connectivity index (χ2v) is 13.4. The van der Waals surface area contributed by atoms with Crippen LogP contribution in [0.3, 0.4) is 0 Å². The molecule has 0 radical (unpaired) electrons. The van der Waals surface area contributed by atoms with Crippen LogP contribution >= 0.6 is 0 Å². The Hall–Kier alpha value is -5.48. The largest absolute Gasteiger partial charge is 0.283 e. The van der Waals surface area contributed by atoms with Crippen LogP contribution < -0.4 is 0 Å². The molecule has 5 aromatic rings. The molecule has 0 spiro atoms. The van der Waals surface area contributed by atoms with Gasteiger partial charge in [0, 0.05) is 27.6 Å². The first-order valence-electron chi connectivity index (χ1n) is 16.9. The van der Waals surface area contributed by atoms with E-state index >= 15 is 0 Å². The molecule has 0 fully saturated rings. The van der Waals surface area contributed by atoms with E-state index in [1.165, 1.54) is 27.8 Å². The van der Waals surface area contributed by atoms with Gasteiger partial charge in [-0.1, -0.05) is 123 Å². The van der Waals surface area contributed by atoms with Gasteiger partial charge < -0.3 is 0 Å². The van der Waals surface area contributed by atoms with Gasteiger partial charge in [0.05, 0.1) is 11.2 Å². The van der Waals surface area contributed by atoms with Crippen LogP contribution in [-0.2, 0) is 5.41 Å². The van der Waals surface area contributed by atoms with Crippen LogP contribution in [0.1, 0.15) is 68.8 Å². The van der Waals surface area contributed by atoms with Crippen LogP contribution in [0, 0.1) is 5.41 Å². The summed E-state index contributed by atoms with van der Waals surface area (Å²) in [6, 6.07) is 30.2. The van der Waals surface area contributed by atoms with Gasteiger partial charge in [-0.15, -0.1) is 0 Å². The second kappa shape index (κ2) is 12.0. The molecule has 1 N–H and O–H groups in total. The van der Waals surface area contributed by atoms with Gasteiger partial charge in [0.15, 0.2) is 5.82 Å². The maximum Gasteiger partial charge on any atom is 0.161 e. The third-order valence-electron chi connectivity index (χ3n) is 10.0. The van der Waals surface area contributed by atoms with Gasteiger partial charge in [0.25, 0.3) is 0 Å². The molecule has 4 nitrogen and oxygen atoms in total. The molecule has 234 valence electrons. The van der Waals surface area contributed by atoms with Crippen molar-refractivity contribution in [2.24, 2.45) is 4.99 Å². The Kier molecular flexibility index (Phi) is 7.44. The van der Waals surface area contributed by atoms with Gasteiger partial charge in [-0.05, 0) is 89.3 Å². The fourth-order valence-electron chi connectivity index (χ4n) is 7.50. The summed E-state index contributed by atoms with van der Waals surface area (Å²) in [4.78, 5) is 15.2. The normalized spacial score (nSPS) is 16.4. The Morgan fingerprint density at radius 1 is 0.792 bits per heavy atom. The Balaban J connectivity index is 1.24. The molecule has 48 heavy (non-hydrogen) atoms. The van der Waals surface area contributed by atoms with E-state index in [0.717, 1.165) is 81.6 Å². The minimum absolute atomic E-state index is 0.216. The summed E-state index contributed by atoms with van der Waals surface area (Å²) in [7, 11) is 0. The standard InChI is InChI=1S/C44H38N4/c1-28(46-42(45)30-17-8-5-9-18-30)32-19-10-11-20-33(32)31-25-26-34-38(27-31)44(2,3)37-23-14-22-36(40(34)37)43-47-39-24-13-12-21-35(39)41(48-43)29-15-6-4-7-16-29/h5-6,8,10-17,19-27,45H,4,7,9,18H2,1-3H3/b45-42?,46-28+. The van der Waals surface area contributed by atoms with E-state index in [2.05, 4.69) is 123 Å². The highest BCUT2D eigenvalue weighted by Crippen LogP contribution is 2.52. The van der Waals surface area contributed by atoms with Crippen molar-refractivity contribution in [1.29, 1.82) is 5.41 Å². The third kappa shape index (κ3) is 5.09. The van der Waals surface area contributed by atoms with Crippen molar-refractivity contribution in [1.82, 2.24) is 9.97 Å². The lowest BCUT2D eigenvalue weighted by molar-refractivity contribution is 0.660. The highest BCUT2D eigenvalue weighted by Gasteiger charge is 2.37. The van der Waals surface area contributed by atoms with E-state index in [-0.39, 0.29) is 5.41 Å². The van der Waals surface area contributed by atoms with Crippen LogP contribution in [0.25, 0.3) is 50.1 Å². The number of allylic oxidation sites excluding steroid dienone is 7. The molecule has 0 unspecified atom stereocenters. The van der Waals surface area contributed by atoms with Crippen LogP contribution in [0.15, 0.2) is 132 Å². The van der Waals surface area contributed by atoms with E-state index in [4.69, 9.17) is 20.4 Å². The molecule has 4 aromatic carbocycles. The van der Waals surface area contributed by atoms with Crippen molar-refractivity contribution in [2.75, 3.05) is 0 Å². The summed E-state index contributed by atoms with van der Waals surface area (Å²) < 4.78 is 0. The predicted octanol–water partition coefficient (Wildman–Crippen LogP) is 11.1. The summed E-state index contributed by atoms with van der Waals surface area (Å²) in [6.45, 7) is 6.66. The average molecular weight is 623 g/mol. The van der Waals surface area contributed by atoms with Gasteiger partial charge in [-0.25, -0.2) is 15.0 Å². The summed E-state index contributed by atoms with van der Waals surface area (Å²) >= 11 is 0. The van der Waals surface area contributed by atoms with Crippen LogP contribution in [0.2, 0.25) is 0 Å². The summed E-state index contributed by atoms with van der Waals surface area (Å²) in [5, 5.41) is 9.75. The van der Waals surface area contributed by atoms with Crippen molar-refractivity contribution >= 4 is 28.0 Å². The van der Waals surface area contributed by atoms with Crippen molar-refractivity contribution in [3.8, 4) is 33.6 Å². The van der Waals surface area contributed by atoms with E-state index in [0.29, 0.717) is 5.84 Å². The molecule has 0 bridgehead atoms. The zero-order valence-electron chi connectivity index (χ0n) is 27.7. The van der Waals surface area contributed by atoms with E-state index in [9.17, 15) is 0 Å². The molecular weight excluding hydrogens is 585 g/mol. The Morgan fingerprint density at radius 2 is 1.62 bits per heavy atom. The van der Waals surface area contributed by atoms with E-state index in [1.54, 1.807) is 0 Å². The van der Waals surface area contributed by atoms with Gasteiger partial charge in [-0.2, -0.15) is 0 Å². The number of hydrogen-bond acceptors (Lipinski definition) is 3. The SMILES string of the molecule is C/C(=N\C(=N)C1=CC=CCC1)c1ccccc1-c1ccc2c(c1)C(C)(C)c1cccc(-c3nc(C4=CCCC=C4)c4ccccc4n3)c1-2. The number of benzene rings is 4. The molecule has 3 aliphatic rings. The number of para-hydroxylation sites is 1. The van der Waals surface area contributed by atoms with Gasteiger partial charge >= 0.3 is 0 Å². The molecule has 0 amide bonds. The molecule has 3 aliphatic carbocycles. The summed E-state index contributed by atoms with van der Waals surface area (Å²) in [5.41, 5.74) is 14.1. The number of rotatable bonds is 5. The Labute approximate surface area is 282 Å². The lowest BCUT2D eigenvalue weighted by Crippen LogP contribution is -2.15. The number of hydrogen-bond donors (Lipinski definition) is 1. The minimum atomic E-state index is -0.216. The first-order chi connectivity index (χ1) is 23.4. The van der Waals surface area contributed by atoms with E-state index in [1.807, 2.05) is 19.1 Å². The summed E-state index contributed by atoms with van der Waals surface area (Å²) in [5.74, 6) is 1.11. The molecular formula is C44H38N4. The predicted molar refractivity (Wildman–Crippen MR) is 201 cm³/mol. The lowest BCUT2D eigenvalue weighted by Gasteiger charge is -2.22. The van der Waals surface area contributed by atoms with Crippen molar-refractivity contribution in [3.05, 3.63) is 149 Å². The summed E-state index contributed by atoms with van der Waals surface area (Å²) in [6.07, 6.45) is 16.8. The van der Waals surface area contributed by atoms with Crippen molar-refractivity contribution in [2.45, 2.75) is 51.9 Å². The zero-order chi connectivity index (χ0) is 32.8. The Morgan fingerprint density at radius 3 is 2.46 bits per heavy atom. The number of amidine groups is 1. The first kappa shape index (κ1) is 29.9. The van der Waals surface area contributed by atoms with Gasteiger partial charge in [0.2, 0.25) is 0 Å². The van der Waals surface area contributed by atoms with Crippen LogP contribution in [0.5, 0.6) is 0 Å². The highest BCUT2D eigenvalue weighted by molar-refractivity contribution is 6.13. The number of fused-ring (bicyclic) bond motifs is 4. The van der Waals surface area contributed by atoms with Crippen molar-refractivity contribution < 1.29 is 0 Å². The maximum absolute atomic E-state index is 8.67. The fraction of sp³-hybridized carbons (Fsp3) is 0.182. The number of nitrogens with zero attached hydrogens (tertiary/aromatic N) is 3. The Bertz CT molecular complexity index is 2290. The molecule has 0 atom stereocenters. The molecule has 4 heteroatoms. The molecule has 0 saturated carbocycles. The van der Waals surface area contributed by atoms with Crippen molar-refractivity contribution in [3.63, 3.8) is 0 Å². The van der Waals surface area contributed by atoms with E-state index < -0.39 is 0 Å². The quantitative estimate of drug-likeness (QED) is 0.157. The van der Waals surface area contributed by atoms with Crippen LogP contribution in [0.4, 0.5) is 0 Å². The number of aromatic nitrogens is 2. The monoisotopic (exact) mass is 622 g/mol. The molecule has 0 aliphatic heterocycles. The third-order valence-corrected chi connectivity index (χ3v) is 10.0. The highest BCUT2D eigenvalue weighted by atomic mass is 14.9. The van der Waals surface area contributed by atoms with Gasteiger partial charge in [0.1, 0.15) is 5.84 Å². The van der Waals surface area contributed by atoms with Gasteiger partial charge in [-0.3, -0.25) is 5.41 Å².